The average molecular weight is 552 g/mol. The Bertz CT molecular complexity index is 1200. The largest absolute Gasteiger partial charge is 0.466 e. The van der Waals surface area contributed by atoms with E-state index in [4.69, 9.17) is 25.8 Å². The van der Waals surface area contributed by atoms with E-state index in [1.807, 2.05) is 0 Å². The van der Waals surface area contributed by atoms with Gasteiger partial charge in [-0.1, -0.05) is 29.8 Å². The molecule has 198 valence electrons. The van der Waals surface area contributed by atoms with E-state index in [2.05, 4.69) is 0 Å². The van der Waals surface area contributed by atoms with Crippen LogP contribution in [-0.2, 0) is 35.0 Å². The van der Waals surface area contributed by atoms with Gasteiger partial charge in [0.05, 0.1) is 18.1 Å². The van der Waals surface area contributed by atoms with Crippen molar-refractivity contribution >= 4 is 52.4 Å². The molecule has 1 aliphatic carbocycles. The first kappa shape index (κ1) is 28.5. The Morgan fingerprint density at radius 3 is 2.30 bits per heavy atom. The molecule has 2 aromatic rings. The molecule has 1 aromatic heterocycles. The Balaban J connectivity index is 2.09. The molecule has 11 heteroatoms. The summed E-state index contributed by atoms with van der Waals surface area (Å²) in [5.41, 5.74) is -0.197. The van der Waals surface area contributed by atoms with Gasteiger partial charge in [0.2, 0.25) is 5.13 Å². The van der Waals surface area contributed by atoms with Crippen molar-refractivity contribution in [2.75, 3.05) is 24.9 Å². The van der Waals surface area contributed by atoms with Gasteiger partial charge in [0.25, 0.3) is 11.8 Å². The molecule has 1 aliphatic rings. The van der Waals surface area contributed by atoms with Gasteiger partial charge in [-0.15, -0.1) is 11.3 Å². The third-order valence-corrected chi connectivity index (χ3v) is 7.05. The molecular weight excluding hydrogens is 525 g/mol. The number of thiophene rings is 1. The molecule has 1 aromatic carbocycles. The highest BCUT2D eigenvalue weighted by atomic mass is 35.5. The van der Waals surface area contributed by atoms with Crippen LogP contribution in [-0.4, -0.2) is 43.8 Å². The monoisotopic (exact) mass is 551 g/mol. The molecular formula is C26H27ClFNO7S. The first-order chi connectivity index (χ1) is 17.8. The van der Waals surface area contributed by atoms with Crippen LogP contribution >= 0.6 is 22.9 Å². The van der Waals surface area contributed by atoms with Crippen LogP contribution in [0.15, 0.2) is 41.5 Å². The summed E-state index contributed by atoms with van der Waals surface area (Å²) < 4.78 is 30.4. The molecule has 1 heterocycles. The van der Waals surface area contributed by atoms with E-state index < -0.39 is 34.6 Å². The summed E-state index contributed by atoms with van der Waals surface area (Å²) in [5.74, 6) is -3.06. The van der Waals surface area contributed by atoms with Crippen molar-refractivity contribution < 1.29 is 37.8 Å². The lowest BCUT2D eigenvalue weighted by Gasteiger charge is -2.25. The Hall–Kier alpha value is -3.08. The van der Waals surface area contributed by atoms with Crippen molar-refractivity contribution in [3.8, 4) is 0 Å². The number of nitrogens with zero attached hydrogens (tertiary/aromatic N) is 1. The second-order valence-corrected chi connectivity index (χ2v) is 9.40. The standard InChI is InChI=1S/C26H27ClFNO7S/c1-3-34-15-36-26(33)18-13-9-8-12-17(18)25(32)29(24(31)16-10-6-5-7-11-16)22-21(27)19(37-23(22)28)14-20(30)35-4-2/h5-7,10-11H,3-4,8-9,12-15H2,1-2H3. The minimum atomic E-state index is -0.918. The molecule has 0 saturated heterocycles. The number of hydrogen-bond donors (Lipinski definition) is 0. The number of carbonyl (C=O) groups excluding carboxylic acids is 4. The molecule has 0 bridgehead atoms. The maximum atomic E-state index is 15.3. The fraction of sp³-hybridized carbons (Fsp3) is 0.385. The number of benzene rings is 1. The van der Waals surface area contributed by atoms with E-state index in [9.17, 15) is 19.2 Å². The van der Waals surface area contributed by atoms with Crippen LogP contribution in [0.5, 0.6) is 0 Å². The van der Waals surface area contributed by atoms with E-state index in [1.54, 1.807) is 32.0 Å². The number of anilines is 1. The van der Waals surface area contributed by atoms with Gasteiger partial charge in [-0.05, 0) is 51.7 Å². The first-order valence-electron chi connectivity index (χ1n) is 11.8. The molecule has 37 heavy (non-hydrogen) atoms. The maximum absolute atomic E-state index is 15.3. The zero-order chi connectivity index (χ0) is 26.9. The van der Waals surface area contributed by atoms with Crippen molar-refractivity contribution in [1.29, 1.82) is 0 Å². The Labute approximate surface area is 222 Å². The first-order valence-corrected chi connectivity index (χ1v) is 13.0. The van der Waals surface area contributed by atoms with E-state index in [1.165, 1.54) is 12.1 Å². The topological polar surface area (TPSA) is 99.2 Å². The molecule has 0 N–H and O–H groups in total. The Kier molecular flexibility index (Phi) is 10.4. The van der Waals surface area contributed by atoms with Gasteiger partial charge in [-0.3, -0.25) is 14.4 Å². The summed E-state index contributed by atoms with van der Waals surface area (Å²) in [6.07, 6.45) is 1.35. The van der Waals surface area contributed by atoms with Crippen LogP contribution in [0.3, 0.4) is 0 Å². The molecule has 0 saturated carbocycles. The molecule has 3 rings (SSSR count). The van der Waals surface area contributed by atoms with Crippen LogP contribution in [0.4, 0.5) is 10.1 Å². The van der Waals surface area contributed by atoms with Crippen molar-refractivity contribution in [3.05, 3.63) is 62.1 Å². The number of halogens is 2. The molecule has 0 unspecified atom stereocenters. The second kappa shape index (κ2) is 13.5. The highest BCUT2D eigenvalue weighted by molar-refractivity contribution is 7.11. The predicted molar refractivity (Wildman–Crippen MR) is 136 cm³/mol. The third kappa shape index (κ3) is 6.82. The number of ether oxygens (including phenoxy) is 3. The molecule has 8 nitrogen and oxygen atoms in total. The number of amides is 2. The van der Waals surface area contributed by atoms with Crippen LogP contribution < -0.4 is 4.90 Å². The summed E-state index contributed by atoms with van der Waals surface area (Å²) in [6, 6.07) is 7.85. The summed E-state index contributed by atoms with van der Waals surface area (Å²) in [4.78, 5) is 53.0. The lowest BCUT2D eigenvalue weighted by molar-refractivity contribution is -0.151. The van der Waals surface area contributed by atoms with Crippen molar-refractivity contribution in [2.45, 2.75) is 46.0 Å². The van der Waals surface area contributed by atoms with Crippen molar-refractivity contribution in [1.82, 2.24) is 0 Å². The lowest BCUT2D eigenvalue weighted by atomic mass is 9.90. The molecule has 0 aliphatic heterocycles. The number of hydrogen-bond acceptors (Lipinski definition) is 8. The maximum Gasteiger partial charge on any atom is 0.336 e. The molecule has 0 spiro atoms. The van der Waals surface area contributed by atoms with Crippen LogP contribution in [0.25, 0.3) is 0 Å². The fourth-order valence-electron chi connectivity index (χ4n) is 3.83. The number of imide groups is 1. The van der Waals surface area contributed by atoms with Crippen LogP contribution in [0.1, 0.15) is 54.8 Å². The molecule has 0 fully saturated rings. The van der Waals surface area contributed by atoms with E-state index in [0.717, 1.165) is 0 Å². The highest BCUT2D eigenvalue weighted by Gasteiger charge is 2.37. The fourth-order valence-corrected chi connectivity index (χ4v) is 5.12. The second-order valence-electron chi connectivity index (χ2n) is 7.96. The van der Waals surface area contributed by atoms with Gasteiger partial charge in [-0.25, -0.2) is 9.69 Å². The van der Waals surface area contributed by atoms with Gasteiger partial charge >= 0.3 is 11.9 Å². The van der Waals surface area contributed by atoms with Gasteiger partial charge in [0, 0.05) is 28.2 Å². The molecule has 2 amide bonds. The summed E-state index contributed by atoms with van der Waals surface area (Å²) >= 11 is 7.01. The summed E-state index contributed by atoms with van der Waals surface area (Å²) in [7, 11) is 0. The minimum Gasteiger partial charge on any atom is -0.466 e. The Morgan fingerprint density at radius 2 is 1.65 bits per heavy atom. The molecule has 0 atom stereocenters. The third-order valence-electron chi connectivity index (χ3n) is 5.56. The quantitative estimate of drug-likeness (QED) is 0.173. The van der Waals surface area contributed by atoms with Gasteiger partial charge in [-0.2, -0.15) is 4.39 Å². The average Bonchev–Trinajstić information content (AvgIpc) is 3.17. The zero-order valence-corrected chi connectivity index (χ0v) is 22.1. The van der Waals surface area contributed by atoms with E-state index in [-0.39, 0.29) is 59.3 Å². The van der Waals surface area contributed by atoms with Crippen LogP contribution in [0.2, 0.25) is 5.02 Å². The number of rotatable bonds is 10. The highest BCUT2D eigenvalue weighted by Crippen LogP contribution is 2.41. The van der Waals surface area contributed by atoms with Gasteiger partial charge < -0.3 is 14.2 Å². The summed E-state index contributed by atoms with van der Waals surface area (Å²) in [6.45, 7) is 3.56. The smallest absolute Gasteiger partial charge is 0.336 e. The van der Waals surface area contributed by atoms with E-state index in [0.29, 0.717) is 35.7 Å². The van der Waals surface area contributed by atoms with Crippen molar-refractivity contribution in [2.24, 2.45) is 0 Å². The van der Waals surface area contributed by atoms with Crippen LogP contribution in [0, 0.1) is 5.13 Å². The van der Waals surface area contributed by atoms with E-state index >= 15 is 4.39 Å². The zero-order valence-electron chi connectivity index (χ0n) is 20.5. The predicted octanol–water partition coefficient (Wildman–Crippen LogP) is 5.23. The van der Waals surface area contributed by atoms with Gasteiger partial charge in [0.15, 0.2) is 6.79 Å². The number of esters is 2. The lowest BCUT2D eigenvalue weighted by Crippen LogP contribution is -2.40. The Morgan fingerprint density at radius 1 is 0.973 bits per heavy atom. The van der Waals surface area contributed by atoms with Gasteiger partial charge in [0.1, 0.15) is 5.69 Å². The normalized spacial score (nSPS) is 13.3. The molecule has 0 radical (unpaired) electrons. The van der Waals surface area contributed by atoms with Crippen molar-refractivity contribution in [3.63, 3.8) is 0 Å². The minimum absolute atomic E-state index is 0.0469. The summed E-state index contributed by atoms with van der Waals surface area (Å²) in [5, 5.41) is -1.16. The number of carbonyl (C=O) groups is 4. The SMILES string of the molecule is CCOCOC(=O)C1=C(C(=O)N(C(=O)c2ccccc2)c2c(F)sc(CC(=O)OCC)c2Cl)CCCC1.